The summed E-state index contributed by atoms with van der Waals surface area (Å²) in [6.07, 6.45) is 1.80. The molecule has 1 aliphatic carbocycles. The van der Waals surface area contributed by atoms with Crippen LogP contribution in [-0.2, 0) is 24.6 Å². The van der Waals surface area contributed by atoms with E-state index in [9.17, 15) is 24.0 Å². The van der Waals surface area contributed by atoms with Gasteiger partial charge >= 0.3 is 18.3 Å². The van der Waals surface area contributed by atoms with Crippen molar-refractivity contribution in [2.24, 2.45) is 0 Å². The quantitative estimate of drug-likeness (QED) is 0.313. The van der Waals surface area contributed by atoms with Crippen LogP contribution in [0.15, 0.2) is 42.5 Å². The Labute approximate surface area is 258 Å². The average molecular weight is 628 g/mol. The maximum absolute atomic E-state index is 14.0. The van der Waals surface area contributed by atoms with Crippen LogP contribution in [0.25, 0.3) is 0 Å². The lowest BCUT2D eigenvalue weighted by Crippen LogP contribution is -2.57. The molecule has 13 nitrogen and oxygen atoms in total. The van der Waals surface area contributed by atoms with E-state index in [1.807, 2.05) is 0 Å². The summed E-state index contributed by atoms with van der Waals surface area (Å²) in [5.74, 6) is -0.920. The van der Waals surface area contributed by atoms with Crippen LogP contribution in [-0.4, -0.2) is 73.9 Å². The summed E-state index contributed by atoms with van der Waals surface area (Å²) >= 11 is 6.28. The van der Waals surface area contributed by atoms with Crippen molar-refractivity contribution in [2.45, 2.75) is 56.3 Å². The molecule has 2 aromatic carbocycles. The van der Waals surface area contributed by atoms with Crippen molar-refractivity contribution in [3.63, 3.8) is 0 Å². The fourth-order valence-corrected chi connectivity index (χ4v) is 5.65. The predicted octanol–water partition coefficient (Wildman–Crippen LogP) is 4.37. The number of carbonyl (C=O) groups excluding carboxylic acids is 5. The Hall–Kier alpha value is -4.52. The van der Waals surface area contributed by atoms with Crippen LogP contribution in [0.4, 0.5) is 25.8 Å². The van der Waals surface area contributed by atoms with E-state index in [1.165, 1.54) is 31.4 Å². The molecule has 5 rings (SSSR count). The lowest BCUT2D eigenvalue weighted by Gasteiger charge is -2.45. The van der Waals surface area contributed by atoms with E-state index >= 15 is 0 Å². The van der Waals surface area contributed by atoms with E-state index in [-0.39, 0.29) is 31.2 Å². The normalized spacial score (nSPS) is 19.8. The van der Waals surface area contributed by atoms with Gasteiger partial charge in [-0.25, -0.2) is 14.4 Å². The molecular weight excluding hydrogens is 594 g/mol. The molecule has 5 amide bonds. The van der Waals surface area contributed by atoms with Crippen LogP contribution < -0.4 is 21.3 Å². The number of alkyl carbamates (subject to hydrolysis) is 1. The molecule has 0 radical (unpaired) electrons. The third-order valence-corrected chi connectivity index (χ3v) is 8.21. The van der Waals surface area contributed by atoms with E-state index in [0.29, 0.717) is 41.3 Å². The molecule has 1 unspecified atom stereocenters. The summed E-state index contributed by atoms with van der Waals surface area (Å²) in [4.78, 5) is 65.0. The number of anilines is 2. The zero-order chi connectivity index (χ0) is 31.3. The van der Waals surface area contributed by atoms with Gasteiger partial charge in [0, 0.05) is 34.9 Å². The van der Waals surface area contributed by atoms with Crippen LogP contribution in [0.1, 0.15) is 54.4 Å². The van der Waals surface area contributed by atoms with Gasteiger partial charge in [0.1, 0.15) is 12.1 Å². The fraction of sp³-hybridized carbons (Fsp3) is 0.433. The molecule has 2 fully saturated rings. The summed E-state index contributed by atoms with van der Waals surface area (Å²) in [6.45, 7) is 0.503. The van der Waals surface area contributed by atoms with Crippen LogP contribution in [0.3, 0.4) is 0 Å². The highest BCUT2D eigenvalue weighted by molar-refractivity contribution is 6.30. The number of nitrogens with one attached hydrogen (secondary N) is 4. The predicted molar refractivity (Wildman–Crippen MR) is 160 cm³/mol. The number of rotatable bonds is 8. The van der Waals surface area contributed by atoms with Gasteiger partial charge in [0.2, 0.25) is 5.91 Å². The minimum absolute atomic E-state index is 0.0595. The van der Waals surface area contributed by atoms with Gasteiger partial charge in [0.05, 0.1) is 19.3 Å². The van der Waals surface area contributed by atoms with Gasteiger partial charge in [-0.15, -0.1) is 0 Å². The first-order valence-electron chi connectivity index (χ1n) is 14.4. The Balaban J connectivity index is 1.31. The van der Waals surface area contributed by atoms with Crippen molar-refractivity contribution in [1.29, 1.82) is 0 Å². The first-order valence-corrected chi connectivity index (χ1v) is 14.8. The van der Waals surface area contributed by atoms with Gasteiger partial charge < -0.3 is 29.7 Å². The van der Waals surface area contributed by atoms with Crippen LogP contribution in [0, 0.1) is 0 Å². The number of fused-ring (bicyclic) bond motifs is 2. The minimum atomic E-state index is -1.11. The molecule has 234 valence electrons. The summed E-state index contributed by atoms with van der Waals surface area (Å²) < 4.78 is 15.7. The molecule has 14 heteroatoms. The number of hydrogen-bond acceptors (Lipinski definition) is 8. The van der Waals surface area contributed by atoms with E-state index < -0.39 is 41.7 Å². The van der Waals surface area contributed by atoms with Gasteiger partial charge in [-0.1, -0.05) is 11.6 Å². The largest absolute Gasteiger partial charge is 0.453 e. The zero-order valence-electron chi connectivity index (χ0n) is 24.2. The Bertz CT molecular complexity index is 1430. The maximum Gasteiger partial charge on any atom is 0.412 e. The lowest BCUT2D eigenvalue weighted by atomic mass is 9.83. The summed E-state index contributed by atoms with van der Waals surface area (Å²) in [7, 11) is 1.24. The topological polar surface area (TPSA) is 164 Å². The molecule has 2 heterocycles. The van der Waals surface area contributed by atoms with Gasteiger partial charge in [-0.3, -0.25) is 20.2 Å². The molecule has 0 aromatic heterocycles. The van der Waals surface area contributed by atoms with E-state index in [4.69, 9.17) is 21.1 Å². The maximum atomic E-state index is 14.0. The first-order chi connectivity index (χ1) is 21.2. The second-order valence-electron chi connectivity index (χ2n) is 11.0. The number of ether oxygens (including phenoxy) is 3. The number of carbonyl (C=O) groups is 5. The second-order valence-corrected chi connectivity index (χ2v) is 11.4. The van der Waals surface area contributed by atoms with E-state index in [2.05, 4.69) is 26.0 Å². The molecule has 2 aliphatic heterocycles. The molecule has 0 bridgehead atoms. The van der Waals surface area contributed by atoms with Crippen LogP contribution in [0.2, 0.25) is 5.02 Å². The van der Waals surface area contributed by atoms with Gasteiger partial charge in [0.15, 0.2) is 5.60 Å². The number of benzene rings is 2. The monoisotopic (exact) mass is 627 g/mol. The van der Waals surface area contributed by atoms with Gasteiger partial charge in [0.25, 0.3) is 5.91 Å². The van der Waals surface area contributed by atoms with Crippen molar-refractivity contribution < 1.29 is 38.2 Å². The molecule has 44 heavy (non-hydrogen) atoms. The summed E-state index contributed by atoms with van der Waals surface area (Å²) in [5, 5.41) is 11.1. The Morgan fingerprint density at radius 2 is 1.89 bits per heavy atom. The highest BCUT2D eigenvalue weighted by atomic mass is 35.5. The van der Waals surface area contributed by atoms with Crippen LogP contribution >= 0.6 is 11.6 Å². The van der Waals surface area contributed by atoms with Crippen molar-refractivity contribution in [3.8, 4) is 0 Å². The third kappa shape index (κ3) is 7.16. The molecule has 1 saturated carbocycles. The number of methoxy groups -OCH3 is 1. The van der Waals surface area contributed by atoms with Crippen molar-refractivity contribution in [2.75, 3.05) is 37.4 Å². The molecule has 2 aromatic rings. The second kappa shape index (κ2) is 13.4. The van der Waals surface area contributed by atoms with Crippen molar-refractivity contribution in [3.05, 3.63) is 58.6 Å². The highest BCUT2D eigenvalue weighted by Crippen LogP contribution is 2.43. The first kappa shape index (κ1) is 30.9. The van der Waals surface area contributed by atoms with Gasteiger partial charge in [-0.2, -0.15) is 0 Å². The SMILES string of the molecule is COC(=O)Nc1ccc(C(=O)NC(CCNC(=O)OC2CCC2)C(=O)N2CCC[C@@]3(C2)OC(=O)Nc2ccc(Cl)cc23)cc1. The third-order valence-electron chi connectivity index (χ3n) is 7.97. The number of hydrogen-bond donors (Lipinski definition) is 4. The Kier molecular flexibility index (Phi) is 9.43. The highest BCUT2D eigenvalue weighted by Gasteiger charge is 2.47. The smallest absolute Gasteiger partial charge is 0.412 e. The summed E-state index contributed by atoms with van der Waals surface area (Å²) in [5.41, 5.74) is 0.790. The summed E-state index contributed by atoms with van der Waals surface area (Å²) in [6, 6.07) is 10.1. The van der Waals surface area contributed by atoms with Crippen molar-refractivity contribution >= 4 is 53.1 Å². The molecule has 1 saturated heterocycles. The zero-order valence-corrected chi connectivity index (χ0v) is 24.9. The Morgan fingerprint density at radius 1 is 1.11 bits per heavy atom. The number of halogens is 1. The number of amides is 5. The van der Waals surface area contributed by atoms with Crippen LogP contribution in [0.5, 0.6) is 0 Å². The standard InChI is InChI=1S/C30H34ClN5O8/c1-42-28(40)33-20-9-6-18(7-10-20)25(37)34-24(12-14-32-27(39)43-21-4-2-5-21)26(38)36-15-3-13-30(17-36)22-16-19(31)8-11-23(22)35-29(41)44-30/h6-11,16,21,24H,2-5,12-15,17H2,1H3,(H,32,39)(H,33,40)(H,34,37)(H,35,41)/t24?,30-/m0/s1. The average Bonchev–Trinajstić information content (AvgIpc) is 2.99. The molecule has 2 atom stereocenters. The number of likely N-dealkylation sites (tertiary alicyclic amines) is 1. The van der Waals surface area contributed by atoms with E-state index in [1.54, 1.807) is 23.1 Å². The molecule has 3 aliphatic rings. The van der Waals surface area contributed by atoms with Crippen molar-refractivity contribution in [1.82, 2.24) is 15.5 Å². The minimum Gasteiger partial charge on any atom is -0.453 e. The number of piperidine rings is 1. The molecule has 1 spiro atoms. The molecule has 4 N–H and O–H groups in total. The van der Waals surface area contributed by atoms with Gasteiger partial charge in [-0.05, 0) is 81.0 Å². The fourth-order valence-electron chi connectivity index (χ4n) is 5.48. The Morgan fingerprint density at radius 3 is 2.59 bits per heavy atom. The molecular formula is C30H34ClN5O8. The number of nitrogens with zero attached hydrogens (tertiary/aromatic N) is 1. The lowest BCUT2D eigenvalue weighted by molar-refractivity contribution is -0.141. The van der Waals surface area contributed by atoms with E-state index in [0.717, 1.165) is 19.3 Å².